The second-order valence-electron chi connectivity index (χ2n) is 7.43. The van der Waals surface area contributed by atoms with E-state index < -0.39 is 0 Å². The van der Waals surface area contributed by atoms with Crippen molar-refractivity contribution in [1.82, 2.24) is 0 Å². The summed E-state index contributed by atoms with van der Waals surface area (Å²) < 4.78 is 0. The van der Waals surface area contributed by atoms with Crippen LogP contribution in [-0.4, -0.2) is 11.7 Å². The number of nitrogens with two attached hydrogens (primary N) is 1. The highest BCUT2D eigenvalue weighted by atomic mass is 15.0. The van der Waals surface area contributed by atoms with Gasteiger partial charge in [-0.15, -0.1) is 0 Å². The third-order valence-corrected chi connectivity index (χ3v) is 5.16. The van der Waals surface area contributed by atoms with Crippen molar-refractivity contribution in [3.63, 3.8) is 0 Å². The second-order valence-corrected chi connectivity index (χ2v) is 7.43. The summed E-state index contributed by atoms with van der Waals surface area (Å²) in [7, 11) is 0. The van der Waals surface area contributed by atoms with Crippen LogP contribution in [0.15, 0.2) is 56.9 Å². The van der Waals surface area contributed by atoms with Crippen LogP contribution in [0.1, 0.15) is 43.9 Å². The number of hydrogen-bond donors (Lipinski definition) is 1. The topological polar surface area (TPSA) is 74.5 Å². The van der Waals surface area contributed by atoms with Gasteiger partial charge in [0.05, 0.1) is 22.9 Å². The van der Waals surface area contributed by atoms with Gasteiger partial charge in [0.1, 0.15) is 5.84 Å². The standard InChI is InChI=1S/C24H28N4/c1-7-16(3)19(6)23(26)28-24(21-10-8-9-20(13-21)14-25)27-22-17(4)11-15(2)12-18(22)5/h9,11-13,16,19H,7H2,1-6H3,(H2,26,27,28)/t16-,19?/m0/s1. The number of nitriles is 1. The fourth-order valence-corrected chi connectivity index (χ4v) is 3.08. The molecule has 1 aliphatic rings. The van der Waals surface area contributed by atoms with Crippen molar-refractivity contribution in [3.8, 4) is 6.07 Å². The molecule has 144 valence electrons. The van der Waals surface area contributed by atoms with Crippen LogP contribution in [0, 0.1) is 43.9 Å². The van der Waals surface area contributed by atoms with Crippen LogP contribution in [0.4, 0.5) is 5.69 Å². The van der Waals surface area contributed by atoms with Crippen molar-refractivity contribution in [2.75, 3.05) is 0 Å². The summed E-state index contributed by atoms with van der Waals surface area (Å²) in [6.45, 7) is 12.5. The molecule has 2 atom stereocenters. The van der Waals surface area contributed by atoms with E-state index in [9.17, 15) is 5.26 Å². The lowest BCUT2D eigenvalue weighted by Crippen LogP contribution is -2.27. The van der Waals surface area contributed by atoms with Crippen molar-refractivity contribution in [2.24, 2.45) is 27.6 Å². The zero-order chi connectivity index (χ0) is 20.8. The molecule has 1 unspecified atom stereocenters. The lowest BCUT2D eigenvalue weighted by molar-refractivity contribution is 0.467. The van der Waals surface area contributed by atoms with Crippen LogP contribution in [-0.2, 0) is 0 Å². The van der Waals surface area contributed by atoms with Crippen molar-refractivity contribution >= 4 is 17.4 Å². The van der Waals surface area contributed by atoms with Gasteiger partial charge in [-0.25, -0.2) is 9.98 Å². The number of hydrogen-bond acceptors (Lipinski definition) is 2. The molecule has 2 N–H and O–H groups in total. The number of nitrogens with zero attached hydrogens (tertiary/aromatic N) is 3. The lowest BCUT2D eigenvalue weighted by atomic mass is 9.92. The van der Waals surface area contributed by atoms with Crippen LogP contribution in [0.2, 0.25) is 0 Å². The molecule has 0 heterocycles. The molecule has 2 rings (SSSR count). The van der Waals surface area contributed by atoms with E-state index in [0.717, 1.165) is 23.2 Å². The number of rotatable bonds is 5. The molecule has 0 aliphatic heterocycles. The van der Waals surface area contributed by atoms with E-state index in [1.54, 1.807) is 12.2 Å². The third kappa shape index (κ3) is 4.99. The highest BCUT2D eigenvalue weighted by Gasteiger charge is 2.17. The minimum Gasteiger partial charge on any atom is -0.387 e. The largest absolute Gasteiger partial charge is 0.387 e. The van der Waals surface area contributed by atoms with Gasteiger partial charge >= 0.3 is 0 Å². The summed E-state index contributed by atoms with van der Waals surface area (Å²) in [5, 5.41) is 9.24. The van der Waals surface area contributed by atoms with Crippen molar-refractivity contribution < 1.29 is 0 Å². The number of allylic oxidation sites excluding steroid dienone is 2. The van der Waals surface area contributed by atoms with E-state index in [1.807, 2.05) is 13.8 Å². The molecule has 0 saturated carbocycles. The molecule has 1 aromatic carbocycles. The van der Waals surface area contributed by atoms with Crippen molar-refractivity contribution in [1.29, 1.82) is 5.26 Å². The van der Waals surface area contributed by atoms with Crippen LogP contribution in [0.25, 0.3) is 0 Å². The molecular weight excluding hydrogens is 344 g/mol. The minimum absolute atomic E-state index is 0.124. The van der Waals surface area contributed by atoms with Gasteiger partial charge in [0.2, 0.25) is 0 Å². The number of amidine groups is 2. The summed E-state index contributed by atoms with van der Waals surface area (Å²) in [6, 6.07) is 6.33. The zero-order valence-corrected chi connectivity index (χ0v) is 17.6. The van der Waals surface area contributed by atoms with Gasteiger partial charge in [0.25, 0.3) is 0 Å². The summed E-state index contributed by atoms with van der Waals surface area (Å²) in [5.74, 6) is 1.52. The van der Waals surface area contributed by atoms with Gasteiger partial charge in [0.15, 0.2) is 5.84 Å². The van der Waals surface area contributed by atoms with Crippen LogP contribution in [0.3, 0.4) is 0 Å². The molecule has 28 heavy (non-hydrogen) atoms. The van der Waals surface area contributed by atoms with E-state index in [4.69, 9.17) is 10.7 Å². The number of benzene rings is 1. The number of aryl methyl sites for hydroxylation is 3. The Bertz CT molecular complexity index is 979. The summed E-state index contributed by atoms with van der Waals surface area (Å²) in [4.78, 5) is 9.52. The van der Waals surface area contributed by atoms with Crippen LogP contribution < -0.4 is 5.73 Å². The van der Waals surface area contributed by atoms with Crippen molar-refractivity contribution in [2.45, 2.75) is 48.0 Å². The number of aliphatic imine (C=N–C) groups is 2. The van der Waals surface area contributed by atoms with Gasteiger partial charge in [-0.2, -0.15) is 5.26 Å². The predicted molar refractivity (Wildman–Crippen MR) is 117 cm³/mol. The van der Waals surface area contributed by atoms with E-state index >= 15 is 0 Å². The molecule has 0 saturated heterocycles. The zero-order valence-electron chi connectivity index (χ0n) is 17.6. The molecule has 4 heteroatoms. The predicted octanol–water partition coefficient (Wildman–Crippen LogP) is 5.38. The molecule has 0 aromatic heterocycles. The highest BCUT2D eigenvalue weighted by molar-refractivity contribution is 6.09. The monoisotopic (exact) mass is 372 g/mol. The molecule has 0 spiro atoms. The van der Waals surface area contributed by atoms with Gasteiger partial charge in [-0.1, -0.05) is 56.4 Å². The third-order valence-electron chi connectivity index (χ3n) is 5.16. The first kappa shape index (κ1) is 21.2. The van der Waals surface area contributed by atoms with Crippen LogP contribution in [0.5, 0.6) is 0 Å². The first-order valence-corrected chi connectivity index (χ1v) is 9.61. The Morgan fingerprint density at radius 2 is 1.86 bits per heavy atom. The highest BCUT2D eigenvalue weighted by Crippen LogP contribution is 2.27. The molecule has 0 amide bonds. The van der Waals surface area contributed by atoms with E-state index in [2.05, 4.69) is 62.4 Å². The fraction of sp³-hybridized carbons (Fsp3) is 0.375. The second kappa shape index (κ2) is 9.20. The smallest absolute Gasteiger partial charge is 0.170 e. The average molecular weight is 373 g/mol. The van der Waals surface area contributed by atoms with E-state index in [-0.39, 0.29) is 5.92 Å². The lowest BCUT2D eigenvalue weighted by Gasteiger charge is -2.18. The Hall–Kier alpha value is -3.11. The van der Waals surface area contributed by atoms with Gasteiger partial charge in [-0.05, 0) is 43.9 Å². The molecule has 0 fully saturated rings. The van der Waals surface area contributed by atoms with Crippen LogP contribution >= 0.6 is 0 Å². The van der Waals surface area contributed by atoms with E-state index in [1.165, 1.54) is 5.56 Å². The summed E-state index contributed by atoms with van der Waals surface area (Å²) in [5.41, 5.74) is 17.5. The Morgan fingerprint density at radius 1 is 1.21 bits per heavy atom. The van der Waals surface area contributed by atoms with Gasteiger partial charge in [0, 0.05) is 12.0 Å². The maximum Gasteiger partial charge on any atom is 0.170 e. The Kier molecular flexibility index (Phi) is 6.96. The van der Waals surface area contributed by atoms with E-state index in [0.29, 0.717) is 28.7 Å². The maximum absolute atomic E-state index is 9.24. The molecule has 0 bridgehead atoms. The average Bonchev–Trinajstić information content (AvgIpc) is 2.68. The fourth-order valence-electron chi connectivity index (χ4n) is 3.08. The minimum atomic E-state index is 0.124. The molecule has 1 aromatic rings. The molecular formula is C24H28N4. The normalized spacial score (nSPS) is 16.3. The van der Waals surface area contributed by atoms with Crippen molar-refractivity contribution in [3.05, 3.63) is 63.6 Å². The molecule has 1 aliphatic carbocycles. The van der Waals surface area contributed by atoms with Gasteiger partial charge in [-0.3, -0.25) is 0 Å². The summed E-state index contributed by atoms with van der Waals surface area (Å²) in [6.07, 6.45) is 4.33. The molecule has 4 nitrogen and oxygen atoms in total. The Morgan fingerprint density at radius 3 is 2.43 bits per heavy atom. The maximum atomic E-state index is 9.24. The van der Waals surface area contributed by atoms with Gasteiger partial charge < -0.3 is 5.73 Å². The first-order chi connectivity index (χ1) is 13.3. The summed E-state index contributed by atoms with van der Waals surface area (Å²) >= 11 is 0. The SMILES string of the molecule is CC[C@H](C)C(C)C(N)=NC(=Nc1c(C)cc(C)cc1C)C1=C=C=CC(C#N)=C1. The Labute approximate surface area is 168 Å². The molecule has 0 radical (unpaired) electrons. The first-order valence-electron chi connectivity index (χ1n) is 9.61. The quantitative estimate of drug-likeness (QED) is 0.428. The Balaban J connectivity index is 2.65.